The van der Waals surface area contributed by atoms with E-state index in [1.165, 1.54) is 105 Å². The van der Waals surface area contributed by atoms with Crippen LogP contribution >= 0.6 is 11.3 Å². The molecule has 0 spiro atoms. The average Bonchev–Trinajstić information content (AvgIpc) is 4.05. The zero-order valence-electron chi connectivity index (χ0n) is 38.3. The van der Waals surface area contributed by atoms with E-state index in [9.17, 15) is 0 Å². The Morgan fingerprint density at radius 3 is 1.88 bits per heavy atom. The van der Waals surface area contributed by atoms with Crippen LogP contribution in [0.5, 0.6) is 0 Å². The van der Waals surface area contributed by atoms with E-state index in [2.05, 4.69) is 191 Å². The Morgan fingerprint density at radius 2 is 1.17 bits per heavy atom. The topological polar surface area (TPSA) is 34.5 Å². The lowest BCUT2D eigenvalue weighted by Gasteiger charge is -2.42. The van der Waals surface area contributed by atoms with Gasteiger partial charge in [0.2, 0.25) is 0 Å². The number of benzene rings is 8. The lowest BCUT2D eigenvalue weighted by molar-refractivity contribution is 0.332. The van der Waals surface area contributed by atoms with Crippen LogP contribution in [0.3, 0.4) is 0 Å². The minimum Gasteiger partial charge on any atom is -0.456 e. The van der Waals surface area contributed by atoms with Gasteiger partial charge < -0.3 is 18.2 Å². The number of fused-ring (bicyclic) bond motifs is 18. The Bertz CT molecular complexity index is 4170. The molecule has 0 amide bonds. The normalized spacial score (nSPS) is 16.2. The second-order valence-corrected chi connectivity index (χ2v) is 23.0. The predicted octanol–water partition coefficient (Wildman–Crippen LogP) is 15.8. The third-order valence-corrected chi connectivity index (χ3v) is 17.3. The molecule has 0 radical (unpaired) electrons. The van der Waals surface area contributed by atoms with Gasteiger partial charge >= 0.3 is 6.85 Å². The SMILES string of the molecule is CC(C)(C)c1ccc(N2B3c4cc5c(cc4-n4c6cc7c(cc6c6ccc(c3c64)-c3cc4sc6cc8c(cc6c4cc32)C(C)(C)CCC8(C)C)oc2ccccc27)oc2ccccc25)cc1. The van der Waals surface area contributed by atoms with Crippen molar-refractivity contribution >= 4 is 126 Å². The van der Waals surface area contributed by atoms with Crippen molar-refractivity contribution in [1.82, 2.24) is 4.57 Å². The van der Waals surface area contributed by atoms with Crippen molar-refractivity contribution in [3.05, 3.63) is 150 Å². The van der Waals surface area contributed by atoms with E-state index in [0.29, 0.717) is 0 Å². The van der Waals surface area contributed by atoms with Gasteiger partial charge in [0.1, 0.15) is 22.3 Å². The van der Waals surface area contributed by atoms with Crippen molar-refractivity contribution in [2.45, 2.75) is 77.6 Å². The van der Waals surface area contributed by atoms with E-state index in [1.807, 2.05) is 11.3 Å². The number of rotatable bonds is 1. The van der Waals surface area contributed by atoms with Crippen LogP contribution in [0.25, 0.3) is 103 Å². The molecule has 0 N–H and O–H groups in total. The van der Waals surface area contributed by atoms with Gasteiger partial charge in [-0.05, 0) is 123 Å². The summed E-state index contributed by atoms with van der Waals surface area (Å²) >= 11 is 1.96. The van der Waals surface area contributed by atoms with Gasteiger partial charge in [0.25, 0.3) is 0 Å². The van der Waals surface area contributed by atoms with Gasteiger partial charge in [-0.25, -0.2) is 0 Å². The molecule has 0 unspecified atom stereocenters. The fourth-order valence-corrected chi connectivity index (χ4v) is 13.7. The minimum absolute atomic E-state index is 0.0250. The van der Waals surface area contributed by atoms with Gasteiger partial charge in [-0.3, -0.25) is 0 Å². The number of nitrogens with zero attached hydrogens (tertiary/aromatic N) is 2. The third kappa shape index (κ3) is 4.75. The van der Waals surface area contributed by atoms with E-state index in [0.717, 1.165) is 49.6 Å². The summed E-state index contributed by atoms with van der Waals surface area (Å²) in [6.45, 7) is 16.6. The van der Waals surface area contributed by atoms with Crippen LogP contribution in [-0.4, -0.2) is 11.4 Å². The van der Waals surface area contributed by atoms with Crippen LogP contribution in [-0.2, 0) is 16.2 Å². The van der Waals surface area contributed by atoms with Crippen molar-refractivity contribution < 1.29 is 8.83 Å². The van der Waals surface area contributed by atoms with Crippen LogP contribution in [0.15, 0.2) is 142 Å². The molecule has 3 aliphatic rings. The Labute approximate surface area is 387 Å². The van der Waals surface area contributed by atoms with E-state index in [1.54, 1.807) is 0 Å². The highest BCUT2D eigenvalue weighted by molar-refractivity contribution is 7.25. The Balaban J connectivity index is 1.10. The maximum Gasteiger partial charge on any atom is 0.333 e. The van der Waals surface area contributed by atoms with E-state index < -0.39 is 0 Å². The van der Waals surface area contributed by atoms with Crippen LogP contribution in [0, 0.1) is 0 Å². The number of furan rings is 2. The Hall–Kier alpha value is -6.76. The molecule has 4 nitrogen and oxygen atoms in total. The molecule has 0 bridgehead atoms. The number of anilines is 2. The quantitative estimate of drug-likeness (QED) is 0.154. The first kappa shape index (κ1) is 37.5. The van der Waals surface area contributed by atoms with E-state index in [4.69, 9.17) is 8.83 Å². The van der Waals surface area contributed by atoms with Crippen molar-refractivity contribution in [3.8, 4) is 16.8 Å². The second-order valence-electron chi connectivity index (χ2n) is 21.9. The Kier molecular flexibility index (Phi) is 6.91. The maximum absolute atomic E-state index is 6.73. The van der Waals surface area contributed by atoms with Gasteiger partial charge in [0, 0.05) is 81.2 Å². The molecule has 2 aliphatic heterocycles. The van der Waals surface area contributed by atoms with Crippen molar-refractivity contribution in [3.63, 3.8) is 0 Å². The van der Waals surface area contributed by atoms with Crippen molar-refractivity contribution in [1.29, 1.82) is 0 Å². The number of para-hydroxylation sites is 2. The first-order chi connectivity index (χ1) is 31.8. The number of aromatic nitrogens is 1. The number of hydrogen-bond donors (Lipinski definition) is 0. The molecule has 0 atom stereocenters. The lowest BCUT2D eigenvalue weighted by atomic mass is 9.44. The zero-order valence-corrected chi connectivity index (χ0v) is 39.1. The summed E-state index contributed by atoms with van der Waals surface area (Å²) in [6, 6.07) is 50.9. The van der Waals surface area contributed by atoms with E-state index >= 15 is 0 Å². The van der Waals surface area contributed by atoms with Crippen LogP contribution in [0.2, 0.25) is 0 Å². The number of thiophene rings is 1. The predicted molar refractivity (Wildman–Crippen MR) is 281 cm³/mol. The van der Waals surface area contributed by atoms with Gasteiger partial charge in [-0.2, -0.15) is 0 Å². The fraction of sp³-hybridized carbons (Fsp3) is 0.200. The van der Waals surface area contributed by atoms with E-state index in [-0.39, 0.29) is 23.1 Å². The van der Waals surface area contributed by atoms with Gasteiger partial charge in [0.15, 0.2) is 0 Å². The molecule has 0 fully saturated rings. The lowest BCUT2D eigenvalue weighted by Crippen LogP contribution is -2.60. The summed E-state index contributed by atoms with van der Waals surface area (Å²) in [5.41, 5.74) is 19.5. The molecule has 0 saturated heterocycles. The third-order valence-electron chi connectivity index (χ3n) is 16.2. The first-order valence-electron chi connectivity index (χ1n) is 23.6. The summed E-state index contributed by atoms with van der Waals surface area (Å²) in [7, 11) is 0. The standard InChI is InChI=1S/C60H47BN2O2S/c1-58(2,3)32-16-18-33(19-17-32)63-48-27-43-42-24-44-45(60(6,7)23-22-59(44,4)5)30-55(42)66-54(43)29-39(48)36-20-21-37-38-28-52-41(35-13-9-11-15-51(35)64-52)26-47(38)62-49-31-53-40(34-12-8-10-14-50(34)65-53)25-46(49)61(63)56(36)57(37)62/h8-21,24-31H,22-23H2,1-7H3. The molecule has 4 aromatic heterocycles. The highest BCUT2D eigenvalue weighted by atomic mass is 32.1. The highest BCUT2D eigenvalue weighted by Gasteiger charge is 2.45. The van der Waals surface area contributed by atoms with Gasteiger partial charge in [-0.15, -0.1) is 11.3 Å². The van der Waals surface area contributed by atoms with Crippen LogP contribution in [0.4, 0.5) is 11.4 Å². The molecule has 0 saturated carbocycles. The molecule has 15 rings (SSSR count). The summed E-state index contributed by atoms with van der Waals surface area (Å²) in [5.74, 6) is 0. The highest BCUT2D eigenvalue weighted by Crippen LogP contribution is 2.53. The molecule has 1 aliphatic carbocycles. The van der Waals surface area contributed by atoms with Gasteiger partial charge in [0.05, 0.1) is 11.0 Å². The molecule has 6 heteroatoms. The average molecular weight is 871 g/mol. The first-order valence-corrected chi connectivity index (χ1v) is 24.5. The molecule has 6 heterocycles. The molecular formula is C60H47BN2O2S. The van der Waals surface area contributed by atoms with Gasteiger partial charge in [-0.1, -0.05) is 115 Å². The summed E-state index contributed by atoms with van der Waals surface area (Å²) in [6.07, 6.45) is 2.40. The summed E-state index contributed by atoms with van der Waals surface area (Å²) in [4.78, 5) is 2.69. The summed E-state index contributed by atoms with van der Waals surface area (Å²) < 4.78 is 18.6. The second kappa shape index (κ2) is 12.2. The van der Waals surface area contributed by atoms with Crippen LogP contribution < -0.4 is 15.7 Å². The fourth-order valence-electron chi connectivity index (χ4n) is 12.6. The molecule has 12 aromatic rings. The monoisotopic (exact) mass is 870 g/mol. The van der Waals surface area contributed by atoms with Crippen LogP contribution in [0.1, 0.15) is 78.0 Å². The molecule has 8 aromatic carbocycles. The smallest absolute Gasteiger partial charge is 0.333 e. The largest absolute Gasteiger partial charge is 0.456 e. The molecule has 318 valence electrons. The number of hydrogen-bond acceptors (Lipinski definition) is 4. The van der Waals surface area contributed by atoms with Crippen molar-refractivity contribution in [2.75, 3.05) is 4.81 Å². The molecule has 66 heavy (non-hydrogen) atoms. The minimum atomic E-state index is -0.125. The zero-order chi connectivity index (χ0) is 44.3. The van der Waals surface area contributed by atoms with Crippen molar-refractivity contribution in [2.24, 2.45) is 0 Å². The Morgan fingerprint density at radius 1 is 0.530 bits per heavy atom. The molecular weight excluding hydrogens is 824 g/mol. The summed E-state index contributed by atoms with van der Waals surface area (Å²) in [5, 5.41) is 9.69. The maximum atomic E-state index is 6.73.